The molecule has 0 aliphatic carbocycles. The fraction of sp³-hybridized carbons (Fsp3) is 0.250. The van der Waals surface area contributed by atoms with Crippen LogP contribution in [0.2, 0.25) is 0 Å². The molecule has 0 aliphatic heterocycles. The molecular formula is C28H23F6NO. The number of alkyl halides is 3. The van der Waals surface area contributed by atoms with Crippen molar-refractivity contribution in [2.45, 2.75) is 45.4 Å². The monoisotopic (exact) mass is 503 g/mol. The number of halogens is 6. The van der Waals surface area contributed by atoms with Gasteiger partial charge in [0.15, 0.2) is 11.6 Å². The van der Waals surface area contributed by atoms with Crippen LogP contribution in [-0.4, -0.2) is 11.3 Å². The topological polar surface area (TPSA) is 22.1 Å². The number of hydrogen-bond acceptors (Lipinski definition) is 2. The highest BCUT2D eigenvalue weighted by atomic mass is 19.4. The first kappa shape index (κ1) is 25.5. The van der Waals surface area contributed by atoms with Crippen LogP contribution in [-0.2, 0) is 19.3 Å². The van der Waals surface area contributed by atoms with Crippen molar-refractivity contribution in [3.8, 4) is 17.0 Å². The van der Waals surface area contributed by atoms with Crippen LogP contribution in [0.1, 0.15) is 36.5 Å². The van der Waals surface area contributed by atoms with Crippen LogP contribution in [0.5, 0.6) is 5.75 Å². The number of benzene rings is 3. The standard InChI is InChI=1S/C28H23F6NO/c1-2-3-4-17-6-12-25(35-16-17)21-10-11-22-20(15-21)9-8-19(26(22)31)7-5-18-13-23(29)27(24(30)14-18)36-28(32,33)34/h6,8-16H,2-5,7H2,1H3. The molecule has 0 fully saturated rings. The van der Waals surface area contributed by atoms with E-state index in [9.17, 15) is 22.0 Å². The third-order valence-electron chi connectivity index (χ3n) is 5.93. The second-order valence-corrected chi connectivity index (χ2v) is 8.57. The van der Waals surface area contributed by atoms with Crippen molar-refractivity contribution in [1.82, 2.24) is 4.98 Å². The zero-order valence-electron chi connectivity index (χ0n) is 19.4. The summed E-state index contributed by atoms with van der Waals surface area (Å²) in [5, 5.41) is 1.07. The van der Waals surface area contributed by atoms with E-state index >= 15 is 4.39 Å². The van der Waals surface area contributed by atoms with E-state index in [4.69, 9.17) is 0 Å². The van der Waals surface area contributed by atoms with Crippen molar-refractivity contribution < 1.29 is 31.1 Å². The molecule has 0 aliphatic rings. The molecule has 1 aromatic heterocycles. The largest absolute Gasteiger partial charge is 0.573 e. The molecule has 1 heterocycles. The minimum absolute atomic E-state index is 0.0228. The lowest BCUT2D eigenvalue weighted by atomic mass is 9.98. The molecule has 0 amide bonds. The summed E-state index contributed by atoms with van der Waals surface area (Å²) in [7, 11) is 0. The van der Waals surface area contributed by atoms with E-state index < -0.39 is 29.6 Å². The Morgan fingerprint density at radius 2 is 1.56 bits per heavy atom. The fourth-order valence-corrected chi connectivity index (χ4v) is 4.06. The molecule has 188 valence electrons. The highest BCUT2D eigenvalue weighted by Gasteiger charge is 2.34. The summed E-state index contributed by atoms with van der Waals surface area (Å²) in [6, 6.07) is 14.2. The zero-order chi connectivity index (χ0) is 25.9. The zero-order valence-corrected chi connectivity index (χ0v) is 19.4. The number of ether oxygens (including phenoxy) is 1. The van der Waals surface area contributed by atoms with Gasteiger partial charge in [-0.25, -0.2) is 13.2 Å². The number of aryl methyl sites for hydroxylation is 3. The minimum atomic E-state index is -5.22. The van der Waals surface area contributed by atoms with Gasteiger partial charge in [-0.3, -0.25) is 4.98 Å². The number of fused-ring (bicyclic) bond motifs is 1. The van der Waals surface area contributed by atoms with Gasteiger partial charge in [0.05, 0.1) is 5.69 Å². The lowest BCUT2D eigenvalue weighted by molar-refractivity contribution is -0.276. The van der Waals surface area contributed by atoms with Gasteiger partial charge in [-0.1, -0.05) is 43.7 Å². The van der Waals surface area contributed by atoms with Crippen LogP contribution < -0.4 is 4.74 Å². The van der Waals surface area contributed by atoms with Crippen molar-refractivity contribution in [2.24, 2.45) is 0 Å². The summed E-state index contributed by atoms with van der Waals surface area (Å²) in [6.45, 7) is 2.13. The van der Waals surface area contributed by atoms with E-state index in [1.165, 1.54) is 5.56 Å². The van der Waals surface area contributed by atoms with Gasteiger partial charge in [-0.2, -0.15) is 0 Å². The summed E-state index contributed by atoms with van der Waals surface area (Å²) in [5.41, 5.74) is 3.21. The van der Waals surface area contributed by atoms with E-state index in [1.54, 1.807) is 24.3 Å². The van der Waals surface area contributed by atoms with Crippen molar-refractivity contribution in [3.05, 3.63) is 94.9 Å². The molecule has 0 radical (unpaired) electrons. The van der Waals surface area contributed by atoms with Crippen molar-refractivity contribution in [2.75, 3.05) is 0 Å². The summed E-state index contributed by atoms with van der Waals surface area (Å²) in [4.78, 5) is 4.53. The predicted molar refractivity (Wildman–Crippen MR) is 126 cm³/mol. The quantitative estimate of drug-likeness (QED) is 0.226. The SMILES string of the molecule is CCCCc1ccc(-c2ccc3c(F)c(CCc4cc(F)c(OC(F)(F)F)c(F)c4)ccc3c2)nc1. The smallest absolute Gasteiger partial charge is 0.399 e. The number of unbranched alkanes of at least 4 members (excludes halogenated alkanes) is 1. The molecule has 0 N–H and O–H groups in total. The maximum Gasteiger partial charge on any atom is 0.573 e. The number of pyridine rings is 1. The van der Waals surface area contributed by atoms with Gasteiger partial charge in [0, 0.05) is 17.1 Å². The first-order valence-electron chi connectivity index (χ1n) is 11.5. The first-order valence-corrected chi connectivity index (χ1v) is 11.5. The lowest BCUT2D eigenvalue weighted by Gasteiger charge is -2.12. The van der Waals surface area contributed by atoms with Crippen LogP contribution in [0.3, 0.4) is 0 Å². The third-order valence-corrected chi connectivity index (χ3v) is 5.93. The highest BCUT2D eigenvalue weighted by molar-refractivity contribution is 5.88. The molecular weight excluding hydrogens is 480 g/mol. The van der Waals surface area contributed by atoms with E-state index in [0.29, 0.717) is 16.3 Å². The Hall–Kier alpha value is -3.55. The minimum Gasteiger partial charge on any atom is -0.399 e. The Bertz CT molecular complexity index is 1340. The number of nitrogens with zero attached hydrogens (tertiary/aromatic N) is 1. The van der Waals surface area contributed by atoms with Crippen LogP contribution in [0, 0.1) is 17.5 Å². The van der Waals surface area contributed by atoms with E-state index in [2.05, 4.69) is 16.6 Å². The molecule has 4 rings (SSSR count). The van der Waals surface area contributed by atoms with Crippen LogP contribution >= 0.6 is 0 Å². The molecule has 36 heavy (non-hydrogen) atoms. The molecule has 0 spiro atoms. The number of rotatable bonds is 8. The third kappa shape index (κ3) is 5.98. The van der Waals surface area contributed by atoms with Crippen LogP contribution in [0.15, 0.2) is 60.8 Å². The predicted octanol–water partition coefficient (Wildman–Crippen LogP) is 8.35. The van der Waals surface area contributed by atoms with Gasteiger partial charge >= 0.3 is 6.36 Å². The fourth-order valence-electron chi connectivity index (χ4n) is 4.06. The molecule has 0 atom stereocenters. The molecule has 4 aromatic rings. The van der Waals surface area contributed by atoms with Crippen molar-refractivity contribution in [3.63, 3.8) is 0 Å². The van der Waals surface area contributed by atoms with Gasteiger partial charge in [-0.05, 0) is 72.0 Å². The average molecular weight is 503 g/mol. The van der Waals surface area contributed by atoms with Crippen molar-refractivity contribution >= 4 is 10.8 Å². The second-order valence-electron chi connectivity index (χ2n) is 8.57. The van der Waals surface area contributed by atoms with Crippen molar-refractivity contribution in [1.29, 1.82) is 0 Å². The number of hydrogen-bond donors (Lipinski definition) is 0. The maximum absolute atomic E-state index is 15.2. The van der Waals surface area contributed by atoms with Gasteiger partial charge in [0.25, 0.3) is 0 Å². The normalized spacial score (nSPS) is 11.8. The molecule has 0 bridgehead atoms. The van der Waals surface area contributed by atoms with E-state index in [0.717, 1.165) is 42.7 Å². The first-order chi connectivity index (χ1) is 17.1. The maximum atomic E-state index is 15.2. The lowest BCUT2D eigenvalue weighted by Crippen LogP contribution is -2.19. The molecule has 0 saturated carbocycles. The Kier molecular flexibility index (Phi) is 7.52. The average Bonchev–Trinajstić information content (AvgIpc) is 2.84. The highest BCUT2D eigenvalue weighted by Crippen LogP contribution is 2.31. The van der Waals surface area contributed by atoms with Gasteiger partial charge < -0.3 is 4.74 Å². The molecule has 2 nitrogen and oxygen atoms in total. The Morgan fingerprint density at radius 3 is 2.19 bits per heavy atom. The molecule has 0 saturated heterocycles. The van der Waals surface area contributed by atoms with Gasteiger partial charge in [-0.15, -0.1) is 13.2 Å². The summed E-state index contributed by atoms with van der Waals surface area (Å²) in [5.74, 6) is -4.91. The summed E-state index contributed by atoms with van der Waals surface area (Å²) >= 11 is 0. The number of aromatic nitrogens is 1. The Labute approximate surface area is 204 Å². The molecule has 3 aromatic carbocycles. The Morgan fingerprint density at radius 1 is 0.806 bits per heavy atom. The van der Waals surface area contributed by atoms with E-state index in [-0.39, 0.29) is 18.4 Å². The molecule has 8 heteroatoms. The second kappa shape index (κ2) is 10.6. The van der Waals surface area contributed by atoms with Gasteiger partial charge in [0.1, 0.15) is 5.82 Å². The van der Waals surface area contributed by atoms with Gasteiger partial charge in [0.2, 0.25) is 5.75 Å². The Balaban J connectivity index is 1.51. The van der Waals surface area contributed by atoms with Crippen LogP contribution in [0.4, 0.5) is 26.3 Å². The summed E-state index contributed by atoms with van der Waals surface area (Å²) < 4.78 is 83.5. The molecule has 0 unspecified atom stereocenters. The van der Waals surface area contributed by atoms with E-state index in [1.807, 2.05) is 24.4 Å². The summed E-state index contributed by atoms with van der Waals surface area (Å²) in [6.07, 6.45) is -0.0627. The van der Waals surface area contributed by atoms with Crippen LogP contribution in [0.25, 0.3) is 22.0 Å².